The van der Waals surface area contributed by atoms with E-state index in [2.05, 4.69) is 0 Å². The van der Waals surface area contributed by atoms with Gasteiger partial charge in [0.1, 0.15) is 12.6 Å². The van der Waals surface area contributed by atoms with Gasteiger partial charge in [0.2, 0.25) is 11.8 Å². The van der Waals surface area contributed by atoms with Gasteiger partial charge in [0.15, 0.2) is 0 Å². The predicted molar refractivity (Wildman–Crippen MR) is 78.9 cm³/mol. The summed E-state index contributed by atoms with van der Waals surface area (Å²) in [5.41, 5.74) is 11.8. The highest BCUT2D eigenvalue weighted by Gasteiger charge is 2.48. The van der Waals surface area contributed by atoms with Crippen molar-refractivity contribution in [1.82, 2.24) is 4.90 Å². The maximum Gasteiger partial charge on any atom is 0.378 e. The van der Waals surface area contributed by atoms with E-state index < -0.39 is 23.7 Å². The van der Waals surface area contributed by atoms with Crippen molar-refractivity contribution in [2.75, 3.05) is 12.3 Å². The molecular formula is C15H19N3O3+. The van der Waals surface area contributed by atoms with Crippen LogP contribution in [0.5, 0.6) is 0 Å². The van der Waals surface area contributed by atoms with Crippen LogP contribution in [0.2, 0.25) is 0 Å². The average Bonchev–Trinajstić information content (AvgIpc) is 2.94. The van der Waals surface area contributed by atoms with E-state index in [9.17, 15) is 14.4 Å². The zero-order valence-corrected chi connectivity index (χ0v) is 11.9. The Morgan fingerprint density at radius 1 is 1.29 bits per heavy atom. The number of nitrogens with two attached hydrogens (primary N) is 2. The normalized spacial score (nSPS) is 20.2. The van der Waals surface area contributed by atoms with Gasteiger partial charge in [0, 0.05) is 24.1 Å². The van der Waals surface area contributed by atoms with Crippen LogP contribution in [0.25, 0.3) is 0 Å². The van der Waals surface area contributed by atoms with Crippen LogP contribution < -0.4 is 16.4 Å². The van der Waals surface area contributed by atoms with Crippen LogP contribution in [0, 0.1) is 0 Å². The van der Waals surface area contributed by atoms with E-state index in [0.29, 0.717) is 19.4 Å². The second-order valence-corrected chi connectivity index (χ2v) is 5.26. The molecule has 1 heterocycles. The SMILES string of the molecule is C[C@H](N)C(=O)[N+]1CCC[C@H]1C(=O)C(=O)c1ccccc1N. The molecule has 6 nitrogen and oxygen atoms in total. The first-order valence-electron chi connectivity index (χ1n) is 6.92. The Morgan fingerprint density at radius 3 is 2.57 bits per heavy atom. The van der Waals surface area contributed by atoms with Gasteiger partial charge in [-0.05, 0) is 19.1 Å². The minimum absolute atomic E-state index is 0.183. The van der Waals surface area contributed by atoms with Crippen LogP contribution >= 0.6 is 0 Å². The zero-order valence-electron chi connectivity index (χ0n) is 11.9. The number of likely N-dealkylation sites (tertiary alicyclic amines) is 1. The summed E-state index contributed by atoms with van der Waals surface area (Å²) in [7, 11) is 0. The number of benzene rings is 1. The van der Waals surface area contributed by atoms with E-state index in [1.54, 1.807) is 25.1 Å². The lowest BCUT2D eigenvalue weighted by atomic mass is 9.99. The molecule has 1 aliphatic rings. The van der Waals surface area contributed by atoms with Gasteiger partial charge in [-0.2, -0.15) is 0 Å². The molecule has 1 fully saturated rings. The average molecular weight is 289 g/mol. The van der Waals surface area contributed by atoms with Gasteiger partial charge in [0.25, 0.3) is 5.78 Å². The molecule has 0 spiro atoms. The largest absolute Gasteiger partial charge is 0.398 e. The molecule has 2 atom stereocenters. The number of anilines is 1. The number of Topliss-reactive ketones (excluding diaryl/α,β-unsaturated/α-hetero) is 2. The summed E-state index contributed by atoms with van der Waals surface area (Å²) >= 11 is 0. The van der Waals surface area contributed by atoms with Crippen molar-refractivity contribution in [1.29, 1.82) is 0 Å². The van der Waals surface area contributed by atoms with Crippen LogP contribution in [0.3, 0.4) is 0 Å². The summed E-state index contributed by atoms with van der Waals surface area (Å²) in [5.74, 6) is -1.55. The zero-order chi connectivity index (χ0) is 15.6. The number of carbonyl (C=O) groups excluding carboxylic acids is 3. The number of hydrogen-bond donors (Lipinski definition) is 2. The fourth-order valence-electron chi connectivity index (χ4n) is 2.55. The standard InChI is InChI=1S/C15H19N3O3/c1-9(16)15(21)18-8-4-7-12(18)14(20)13(19)10-5-2-3-6-11(10)17/h2-3,5-6,9,12H,4,7-8,16-17H2,1H3/q+1/t9-,12-/m0/s1. The monoisotopic (exact) mass is 289 g/mol. The first-order chi connectivity index (χ1) is 9.93. The van der Waals surface area contributed by atoms with E-state index >= 15 is 0 Å². The quantitative estimate of drug-likeness (QED) is 0.356. The highest BCUT2D eigenvalue weighted by atomic mass is 16.2. The molecule has 1 radical (unpaired) electrons. The molecule has 4 N–H and O–H groups in total. The van der Waals surface area contributed by atoms with E-state index in [0.717, 1.165) is 0 Å². The lowest BCUT2D eigenvalue weighted by Crippen LogP contribution is -2.53. The second-order valence-electron chi connectivity index (χ2n) is 5.26. The number of para-hydroxylation sites is 1. The van der Waals surface area contributed by atoms with Crippen molar-refractivity contribution in [3.8, 4) is 0 Å². The first kappa shape index (κ1) is 15.3. The maximum atomic E-state index is 12.4. The highest BCUT2D eigenvalue weighted by molar-refractivity contribution is 6.46. The fraction of sp³-hybridized carbons (Fsp3) is 0.400. The van der Waals surface area contributed by atoms with Gasteiger partial charge in [-0.1, -0.05) is 17.0 Å². The Bertz CT molecular complexity index is 583. The molecule has 1 aromatic carbocycles. The third-order valence-electron chi connectivity index (χ3n) is 3.66. The van der Waals surface area contributed by atoms with Crippen molar-refractivity contribution >= 4 is 23.2 Å². The van der Waals surface area contributed by atoms with Crippen LogP contribution in [0.4, 0.5) is 5.69 Å². The molecule has 0 aromatic heterocycles. The third-order valence-corrected chi connectivity index (χ3v) is 3.66. The topological polar surface area (TPSA) is 109 Å². The molecule has 111 valence electrons. The number of ketones is 2. The fourth-order valence-corrected chi connectivity index (χ4v) is 2.55. The molecule has 0 aliphatic carbocycles. The van der Waals surface area contributed by atoms with E-state index in [1.807, 2.05) is 0 Å². The van der Waals surface area contributed by atoms with Crippen LogP contribution in [0.15, 0.2) is 24.3 Å². The lowest BCUT2D eigenvalue weighted by Gasteiger charge is -2.13. The summed E-state index contributed by atoms with van der Waals surface area (Å²) in [5, 5.41) is 0. The lowest BCUT2D eigenvalue weighted by molar-refractivity contribution is -0.130. The van der Waals surface area contributed by atoms with Crippen LogP contribution in [0.1, 0.15) is 30.1 Å². The minimum Gasteiger partial charge on any atom is -0.398 e. The van der Waals surface area contributed by atoms with Crippen LogP contribution in [-0.2, 0) is 9.59 Å². The molecule has 1 aromatic rings. The number of carbonyl (C=O) groups is 3. The van der Waals surface area contributed by atoms with Gasteiger partial charge in [-0.3, -0.25) is 9.59 Å². The Morgan fingerprint density at radius 2 is 1.95 bits per heavy atom. The molecule has 0 saturated carbocycles. The molecule has 0 bridgehead atoms. The Hall–Kier alpha value is -2.05. The Labute approximate surface area is 123 Å². The number of nitrogen functional groups attached to an aromatic ring is 1. The molecule has 1 aliphatic heterocycles. The van der Waals surface area contributed by atoms with E-state index in [-0.39, 0.29) is 17.2 Å². The molecule has 6 heteroatoms. The van der Waals surface area contributed by atoms with Gasteiger partial charge in [0.05, 0.1) is 0 Å². The van der Waals surface area contributed by atoms with Gasteiger partial charge >= 0.3 is 5.91 Å². The number of hydrogen-bond acceptors (Lipinski definition) is 5. The predicted octanol–water partition coefficient (Wildman–Crippen LogP) is 0.197. The smallest absolute Gasteiger partial charge is 0.378 e. The summed E-state index contributed by atoms with van der Waals surface area (Å²) in [6.07, 6.45) is 1.17. The van der Waals surface area contributed by atoms with Gasteiger partial charge in [-0.15, -0.1) is 0 Å². The van der Waals surface area contributed by atoms with Crippen molar-refractivity contribution in [2.45, 2.75) is 31.8 Å². The van der Waals surface area contributed by atoms with Crippen molar-refractivity contribution in [2.24, 2.45) is 5.73 Å². The van der Waals surface area contributed by atoms with Gasteiger partial charge in [-0.25, -0.2) is 4.79 Å². The molecular weight excluding hydrogens is 270 g/mol. The van der Waals surface area contributed by atoms with E-state index in [1.165, 1.54) is 11.0 Å². The molecule has 0 unspecified atom stereocenters. The van der Waals surface area contributed by atoms with Crippen LogP contribution in [-0.4, -0.2) is 36.1 Å². The number of nitrogens with zero attached hydrogens (tertiary/aromatic N) is 1. The van der Waals surface area contributed by atoms with Gasteiger partial charge < -0.3 is 11.5 Å². The summed E-state index contributed by atoms with van der Waals surface area (Å²) < 4.78 is 0. The molecule has 2 rings (SSSR count). The van der Waals surface area contributed by atoms with Crippen molar-refractivity contribution < 1.29 is 14.4 Å². The summed E-state index contributed by atoms with van der Waals surface area (Å²) in [4.78, 5) is 38.1. The molecule has 1 amide bonds. The highest BCUT2D eigenvalue weighted by Crippen LogP contribution is 2.20. The van der Waals surface area contributed by atoms with Crippen molar-refractivity contribution in [3.63, 3.8) is 0 Å². The first-order valence-corrected chi connectivity index (χ1v) is 6.92. The molecule has 21 heavy (non-hydrogen) atoms. The Balaban J connectivity index is 2.21. The summed E-state index contributed by atoms with van der Waals surface area (Å²) in [6, 6.07) is 5.02. The minimum atomic E-state index is -0.726. The number of amides is 1. The number of rotatable bonds is 4. The third kappa shape index (κ3) is 3.01. The second kappa shape index (κ2) is 6.15. The molecule has 1 saturated heterocycles. The summed E-state index contributed by atoms with van der Waals surface area (Å²) in [6.45, 7) is 2.02. The maximum absolute atomic E-state index is 12.4. The van der Waals surface area contributed by atoms with Crippen molar-refractivity contribution in [3.05, 3.63) is 29.8 Å². The Kier molecular flexibility index (Phi) is 4.50. The van der Waals surface area contributed by atoms with E-state index in [4.69, 9.17) is 11.5 Å².